The minimum absolute atomic E-state index is 0.0995. The molecule has 0 saturated carbocycles. The van der Waals surface area contributed by atoms with Gasteiger partial charge in [-0.25, -0.2) is 0 Å². The molecule has 0 aliphatic heterocycles. The smallest absolute Gasteiger partial charge is 0.250 e. The average Bonchev–Trinajstić information content (AvgIpc) is 2.53. The van der Waals surface area contributed by atoms with E-state index in [1.807, 2.05) is 26.0 Å². The Bertz CT molecular complexity index is 1060. The number of nitrogens with zero attached hydrogens (tertiary/aromatic N) is 1. The monoisotopic (exact) mass is 324 g/mol. The molecule has 1 atom stereocenters. The number of benzene rings is 1. The zero-order valence-electron chi connectivity index (χ0n) is 14.2. The van der Waals surface area contributed by atoms with Crippen LogP contribution in [0.25, 0.3) is 22.3 Å². The van der Waals surface area contributed by atoms with Crippen LogP contribution in [0.5, 0.6) is 0 Å². The van der Waals surface area contributed by atoms with E-state index >= 15 is 0 Å². The van der Waals surface area contributed by atoms with Gasteiger partial charge in [-0.15, -0.1) is 0 Å². The Kier molecular flexibility index (Phi) is 3.89. The second-order valence-corrected chi connectivity index (χ2v) is 6.27. The van der Waals surface area contributed by atoms with Crippen LogP contribution in [0, 0.1) is 13.8 Å². The Morgan fingerprint density at radius 3 is 2.50 bits per heavy atom. The highest BCUT2D eigenvalue weighted by atomic mass is 16.3. The molecule has 0 saturated heterocycles. The third-order valence-electron chi connectivity index (χ3n) is 4.25. The fourth-order valence-corrected chi connectivity index (χ4v) is 2.87. The fourth-order valence-electron chi connectivity index (χ4n) is 2.87. The van der Waals surface area contributed by atoms with Crippen molar-refractivity contribution < 1.29 is 4.42 Å². The van der Waals surface area contributed by atoms with Gasteiger partial charge in [-0.2, -0.15) is 0 Å². The molecule has 24 heavy (non-hydrogen) atoms. The summed E-state index contributed by atoms with van der Waals surface area (Å²) in [4.78, 5) is 24.7. The summed E-state index contributed by atoms with van der Waals surface area (Å²) in [5.74, 6) is 0.413. The molecule has 0 spiro atoms. The summed E-state index contributed by atoms with van der Waals surface area (Å²) >= 11 is 0. The van der Waals surface area contributed by atoms with Gasteiger partial charge in [0.25, 0.3) is 5.56 Å². The van der Waals surface area contributed by atoms with Crippen LogP contribution in [0.3, 0.4) is 0 Å². The highest BCUT2D eigenvalue weighted by molar-refractivity contribution is 5.84. The van der Waals surface area contributed by atoms with Crippen LogP contribution in [-0.4, -0.2) is 4.57 Å². The van der Waals surface area contributed by atoms with Crippen molar-refractivity contribution in [1.82, 2.24) is 4.57 Å². The zero-order chi connectivity index (χ0) is 17.6. The van der Waals surface area contributed by atoms with E-state index in [4.69, 9.17) is 10.2 Å². The van der Waals surface area contributed by atoms with Gasteiger partial charge in [-0.05, 0) is 38.5 Å². The second-order valence-electron chi connectivity index (χ2n) is 6.27. The zero-order valence-corrected chi connectivity index (χ0v) is 14.2. The van der Waals surface area contributed by atoms with Crippen molar-refractivity contribution in [2.75, 3.05) is 0 Å². The predicted molar refractivity (Wildman–Crippen MR) is 95.2 cm³/mol. The van der Waals surface area contributed by atoms with E-state index in [1.54, 1.807) is 26.2 Å². The molecule has 0 amide bonds. The minimum atomic E-state index is -0.269. The molecule has 5 nitrogen and oxygen atoms in total. The molecule has 1 aromatic carbocycles. The first kappa shape index (κ1) is 16.2. The van der Waals surface area contributed by atoms with E-state index < -0.39 is 0 Å². The summed E-state index contributed by atoms with van der Waals surface area (Å²) < 4.78 is 7.54. The number of aromatic nitrogens is 1. The molecule has 2 N–H and O–H groups in total. The van der Waals surface area contributed by atoms with Gasteiger partial charge in [0.2, 0.25) is 0 Å². The number of hydrogen-bond acceptors (Lipinski definition) is 4. The molecule has 0 aliphatic carbocycles. The number of aryl methyl sites for hydroxylation is 2. The van der Waals surface area contributed by atoms with Crippen molar-refractivity contribution in [2.24, 2.45) is 12.8 Å². The molecule has 0 bridgehead atoms. The molecule has 124 valence electrons. The third-order valence-corrected chi connectivity index (χ3v) is 4.25. The van der Waals surface area contributed by atoms with Crippen LogP contribution in [0.2, 0.25) is 0 Å². The fraction of sp³-hybridized carbons (Fsp3) is 0.263. The number of fused-ring (bicyclic) bond motifs is 1. The second kappa shape index (κ2) is 5.76. The van der Waals surface area contributed by atoms with Crippen molar-refractivity contribution in [1.29, 1.82) is 0 Å². The van der Waals surface area contributed by atoms with Crippen molar-refractivity contribution in [3.63, 3.8) is 0 Å². The lowest BCUT2D eigenvalue weighted by atomic mass is 9.99. The van der Waals surface area contributed by atoms with Crippen molar-refractivity contribution >= 4 is 11.0 Å². The van der Waals surface area contributed by atoms with Gasteiger partial charge in [0, 0.05) is 42.0 Å². The molecule has 2 heterocycles. The summed E-state index contributed by atoms with van der Waals surface area (Å²) in [6, 6.07) is 6.71. The Labute approximate surface area is 139 Å². The number of hydrogen-bond donors (Lipinski definition) is 1. The highest BCUT2D eigenvalue weighted by Crippen LogP contribution is 2.29. The van der Waals surface area contributed by atoms with E-state index in [0.29, 0.717) is 27.9 Å². The van der Waals surface area contributed by atoms with E-state index in [9.17, 15) is 9.59 Å². The lowest BCUT2D eigenvalue weighted by Crippen LogP contribution is -2.15. The Hall–Kier alpha value is -2.66. The van der Waals surface area contributed by atoms with E-state index in [1.165, 1.54) is 10.6 Å². The number of pyridine rings is 1. The largest absolute Gasteiger partial charge is 0.455 e. The lowest BCUT2D eigenvalue weighted by Gasteiger charge is -2.13. The number of rotatable bonds is 2. The first-order valence-corrected chi connectivity index (χ1v) is 7.80. The van der Waals surface area contributed by atoms with Crippen LogP contribution in [-0.2, 0) is 7.05 Å². The summed E-state index contributed by atoms with van der Waals surface area (Å²) in [6.07, 6.45) is 1.66. The van der Waals surface area contributed by atoms with Crippen LogP contribution in [0.4, 0.5) is 0 Å². The molecular weight excluding hydrogens is 304 g/mol. The maximum absolute atomic E-state index is 12.8. The van der Waals surface area contributed by atoms with E-state index in [-0.39, 0.29) is 17.0 Å². The molecule has 2 aromatic heterocycles. The maximum atomic E-state index is 12.8. The highest BCUT2D eigenvalue weighted by Gasteiger charge is 2.17. The van der Waals surface area contributed by atoms with Crippen molar-refractivity contribution in [3.05, 3.63) is 67.7 Å². The predicted octanol–water partition coefficient (Wildman–Crippen LogP) is 2.80. The van der Waals surface area contributed by atoms with Crippen LogP contribution in [0.1, 0.15) is 29.7 Å². The van der Waals surface area contributed by atoms with Crippen LogP contribution >= 0.6 is 0 Å². The summed E-state index contributed by atoms with van der Waals surface area (Å²) in [7, 11) is 1.67. The molecule has 0 aliphatic rings. The molecule has 5 heteroatoms. The Balaban J connectivity index is 2.42. The quantitative estimate of drug-likeness (QED) is 0.786. The summed E-state index contributed by atoms with van der Waals surface area (Å²) in [5.41, 5.74) is 9.10. The van der Waals surface area contributed by atoms with Crippen LogP contribution < -0.4 is 16.7 Å². The van der Waals surface area contributed by atoms with Gasteiger partial charge >= 0.3 is 0 Å². The molecule has 0 radical (unpaired) electrons. The Morgan fingerprint density at radius 2 is 1.88 bits per heavy atom. The van der Waals surface area contributed by atoms with Gasteiger partial charge < -0.3 is 14.7 Å². The standard InChI is InChI=1S/C19H20N2O3/c1-10-7-14(12(3)20)19-15(8-10)17(23)11(2)18(24-19)13-5-6-21(4)16(22)9-13/h5-9,12H,20H2,1-4H3/t12-/m1/s1. The topological polar surface area (TPSA) is 78.2 Å². The summed E-state index contributed by atoms with van der Waals surface area (Å²) in [6.45, 7) is 5.49. The van der Waals surface area contributed by atoms with Gasteiger partial charge in [-0.3, -0.25) is 9.59 Å². The van der Waals surface area contributed by atoms with Gasteiger partial charge in [-0.1, -0.05) is 6.07 Å². The molecule has 0 fully saturated rings. The summed E-state index contributed by atoms with van der Waals surface area (Å²) in [5, 5.41) is 0.521. The molecular formula is C19H20N2O3. The molecule has 3 rings (SSSR count). The average molecular weight is 324 g/mol. The van der Waals surface area contributed by atoms with Crippen LogP contribution in [0.15, 0.2) is 44.5 Å². The molecule has 0 unspecified atom stereocenters. The van der Waals surface area contributed by atoms with Gasteiger partial charge in [0.1, 0.15) is 11.3 Å². The Morgan fingerprint density at radius 1 is 1.17 bits per heavy atom. The lowest BCUT2D eigenvalue weighted by molar-refractivity contribution is 0.603. The maximum Gasteiger partial charge on any atom is 0.250 e. The van der Waals surface area contributed by atoms with Crippen molar-refractivity contribution in [2.45, 2.75) is 26.8 Å². The van der Waals surface area contributed by atoms with E-state index in [0.717, 1.165) is 11.1 Å². The van der Waals surface area contributed by atoms with Gasteiger partial charge in [0.05, 0.1) is 5.39 Å². The van der Waals surface area contributed by atoms with Gasteiger partial charge in [0.15, 0.2) is 5.43 Å². The molecule has 3 aromatic rings. The minimum Gasteiger partial charge on any atom is -0.455 e. The first-order valence-electron chi connectivity index (χ1n) is 7.80. The SMILES string of the molecule is Cc1cc([C@@H](C)N)c2oc(-c3ccn(C)c(=O)c3)c(C)c(=O)c2c1. The normalized spacial score (nSPS) is 12.5. The van der Waals surface area contributed by atoms with E-state index in [2.05, 4.69) is 0 Å². The van der Waals surface area contributed by atoms with Crippen molar-refractivity contribution in [3.8, 4) is 11.3 Å². The first-order chi connectivity index (χ1) is 11.3. The number of nitrogens with two attached hydrogens (primary N) is 1. The third kappa shape index (κ3) is 2.57.